The van der Waals surface area contributed by atoms with Crippen LogP contribution in [-0.2, 0) is 0 Å². The average Bonchev–Trinajstić information content (AvgIpc) is 2.55. The van der Waals surface area contributed by atoms with Crippen molar-refractivity contribution < 1.29 is 29.6 Å². The Balaban J connectivity index is 0.000000240. The molecule has 0 aliphatic carbocycles. The number of carbonyl (C=O) groups is 2. The van der Waals surface area contributed by atoms with Gasteiger partial charge in [0.15, 0.2) is 0 Å². The normalized spacial score (nSPS) is 9.33. The van der Waals surface area contributed by atoms with Gasteiger partial charge < -0.3 is 10.2 Å². The highest BCUT2D eigenvalue weighted by Gasteiger charge is 2.17. The lowest BCUT2D eigenvalue weighted by atomic mass is 10.2. The fraction of sp³-hybridized carbons (Fsp3) is 0. The van der Waals surface area contributed by atoms with E-state index < -0.39 is 21.8 Å². The summed E-state index contributed by atoms with van der Waals surface area (Å²) in [7, 11) is 0. The van der Waals surface area contributed by atoms with Gasteiger partial charge in [0, 0.05) is 18.2 Å². The molecule has 0 bridgehead atoms. The zero-order chi connectivity index (χ0) is 18.3. The average molecular weight is 334 g/mol. The smallest absolute Gasteiger partial charge is 0.342 e. The Morgan fingerprint density at radius 2 is 1.33 bits per heavy atom. The SMILES string of the molecule is O=C(O)c1ccc([N+](=O)[O-])cc1.O=C(O)c1ccccc1[N+](=O)[O-]. The maximum Gasteiger partial charge on any atom is 0.342 e. The van der Waals surface area contributed by atoms with Crippen LogP contribution in [0.15, 0.2) is 48.5 Å². The van der Waals surface area contributed by atoms with Gasteiger partial charge in [-0.2, -0.15) is 0 Å². The number of rotatable bonds is 4. The lowest BCUT2D eigenvalue weighted by Gasteiger charge is -1.94. The van der Waals surface area contributed by atoms with Gasteiger partial charge in [0.05, 0.1) is 15.4 Å². The summed E-state index contributed by atoms with van der Waals surface area (Å²) in [5.74, 6) is -2.38. The van der Waals surface area contributed by atoms with Gasteiger partial charge in [0.2, 0.25) is 0 Å². The fourth-order valence-corrected chi connectivity index (χ4v) is 1.54. The molecule has 2 aromatic carbocycles. The van der Waals surface area contributed by atoms with Crippen molar-refractivity contribution in [1.29, 1.82) is 0 Å². The number of nitro groups is 2. The summed E-state index contributed by atoms with van der Waals surface area (Å²) in [5, 5.41) is 37.4. The topological polar surface area (TPSA) is 161 Å². The molecule has 0 amide bonds. The molecular weight excluding hydrogens is 324 g/mol. The number of nitro benzene ring substituents is 2. The molecular formula is C14H10N2O8. The van der Waals surface area contributed by atoms with E-state index in [9.17, 15) is 29.8 Å². The quantitative estimate of drug-likeness (QED) is 0.636. The molecule has 2 aromatic rings. The van der Waals surface area contributed by atoms with Crippen LogP contribution in [0, 0.1) is 20.2 Å². The van der Waals surface area contributed by atoms with E-state index in [1.54, 1.807) is 0 Å². The first-order valence-corrected chi connectivity index (χ1v) is 6.18. The molecule has 10 nitrogen and oxygen atoms in total. The van der Waals surface area contributed by atoms with Crippen molar-refractivity contribution in [2.45, 2.75) is 0 Å². The molecule has 0 atom stereocenters. The highest BCUT2D eigenvalue weighted by atomic mass is 16.6. The van der Waals surface area contributed by atoms with Crippen molar-refractivity contribution in [3.63, 3.8) is 0 Å². The summed E-state index contributed by atoms with van der Waals surface area (Å²) in [4.78, 5) is 39.8. The van der Waals surface area contributed by atoms with Gasteiger partial charge in [0.25, 0.3) is 11.4 Å². The van der Waals surface area contributed by atoms with E-state index in [0.29, 0.717) is 0 Å². The molecule has 0 fully saturated rings. The molecule has 124 valence electrons. The number of hydrogen-bond donors (Lipinski definition) is 2. The predicted octanol–water partition coefficient (Wildman–Crippen LogP) is 2.59. The molecule has 10 heteroatoms. The van der Waals surface area contributed by atoms with Crippen LogP contribution in [0.2, 0.25) is 0 Å². The van der Waals surface area contributed by atoms with Crippen LogP contribution >= 0.6 is 0 Å². The summed E-state index contributed by atoms with van der Waals surface area (Å²) >= 11 is 0. The van der Waals surface area contributed by atoms with Crippen LogP contribution in [0.1, 0.15) is 20.7 Å². The number of aromatic carboxylic acids is 2. The number of nitrogens with zero attached hydrogens (tertiary/aromatic N) is 2. The van der Waals surface area contributed by atoms with E-state index >= 15 is 0 Å². The highest BCUT2D eigenvalue weighted by Crippen LogP contribution is 2.16. The summed E-state index contributed by atoms with van der Waals surface area (Å²) < 4.78 is 0. The predicted molar refractivity (Wildman–Crippen MR) is 80.1 cm³/mol. The van der Waals surface area contributed by atoms with Crippen molar-refractivity contribution in [2.75, 3.05) is 0 Å². The number of para-hydroxylation sites is 1. The molecule has 0 heterocycles. The first kappa shape index (κ1) is 18.2. The Morgan fingerprint density at radius 1 is 0.792 bits per heavy atom. The standard InChI is InChI=1S/2C7H5NO4/c9-7(10)5-1-3-6(4-2-5)8(11)12;9-7(10)5-3-1-2-4-6(5)8(11)12/h2*1-4H,(H,9,10). The molecule has 0 saturated carbocycles. The van der Waals surface area contributed by atoms with E-state index in [-0.39, 0.29) is 22.5 Å². The molecule has 0 spiro atoms. The van der Waals surface area contributed by atoms with E-state index in [1.165, 1.54) is 30.3 Å². The van der Waals surface area contributed by atoms with Crippen molar-refractivity contribution in [3.05, 3.63) is 79.9 Å². The second kappa shape index (κ2) is 7.98. The second-order valence-electron chi connectivity index (χ2n) is 4.19. The second-order valence-corrected chi connectivity index (χ2v) is 4.19. The molecule has 0 aromatic heterocycles. The van der Waals surface area contributed by atoms with Crippen LogP contribution in [0.4, 0.5) is 11.4 Å². The molecule has 0 aliphatic heterocycles. The Morgan fingerprint density at radius 3 is 1.71 bits per heavy atom. The van der Waals surface area contributed by atoms with Crippen molar-refractivity contribution in [3.8, 4) is 0 Å². The Kier molecular flexibility index (Phi) is 6.06. The van der Waals surface area contributed by atoms with Crippen LogP contribution in [0.3, 0.4) is 0 Å². The van der Waals surface area contributed by atoms with E-state index in [4.69, 9.17) is 10.2 Å². The largest absolute Gasteiger partial charge is 0.478 e. The summed E-state index contributed by atoms with van der Waals surface area (Å²) in [5.41, 5.74) is -0.742. The number of carboxylic acids is 2. The maximum absolute atomic E-state index is 10.4. The summed E-state index contributed by atoms with van der Waals surface area (Å²) in [6.45, 7) is 0. The fourth-order valence-electron chi connectivity index (χ4n) is 1.54. The number of carboxylic acid groups (broad SMARTS) is 2. The molecule has 0 aliphatic rings. The van der Waals surface area contributed by atoms with E-state index in [2.05, 4.69) is 0 Å². The van der Waals surface area contributed by atoms with Crippen molar-refractivity contribution in [2.24, 2.45) is 0 Å². The third-order valence-electron chi connectivity index (χ3n) is 2.66. The zero-order valence-electron chi connectivity index (χ0n) is 11.9. The van der Waals surface area contributed by atoms with Crippen molar-refractivity contribution >= 4 is 23.3 Å². The van der Waals surface area contributed by atoms with Crippen molar-refractivity contribution in [1.82, 2.24) is 0 Å². The number of benzene rings is 2. The van der Waals surface area contributed by atoms with Gasteiger partial charge in [-0.05, 0) is 18.2 Å². The van der Waals surface area contributed by atoms with Crippen LogP contribution in [0.5, 0.6) is 0 Å². The van der Waals surface area contributed by atoms with E-state index in [0.717, 1.165) is 18.2 Å². The number of non-ortho nitro benzene ring substituents is 1. The van der Waals surface area contributed by atoms with Gasteiger partial charge in [-0.3, -0.25) is 20.2 Å². The summed E-state index contributed by atoms with van der Waals surface area (Å²) in [6.07, 6.45) is 0. The third-order valence-corrected chi connectivity index (χ3v) is 2.66. The Labute approximate surface area is 133 Å². The first-order valence-electron chi connectivity index (χ1n) is 6.18. The molecule has 0 saturated heterocycles. The zero-order valence-corrected chi connectivity index (χ0v) is 11.9. The van der Waals surface area contributed by atoms with Crippen LogP contribution in [-0.4, -0.2) is 32.0 Å². The van der Waals surface area contributed by atoms with Crippen LogP contribution in [0.25, 0.3) is 0 Å². The lowest BCUT2D eigenvalue weighted by Crippen LogP contribution is -2.01. The molecule has 2 N–H and O–H groups in total. The van der Waals surface area contributed by atoms with Crippen LogP contribution < -0.4 is 0 Å². The first-order chi connectivity index (χ1) is 11.2. The van der Waals surface area contributed by atoms with Gasteiger partial charge in [-0.25, -0.2) is 9.59 Å². The van der Waals surface area contributed by atoms with Gasteiger partial charge in [-0.15, -0.1) is 0 Å². The minimum Gasteiger partial charge on any atom is -0.478 e. The Bertz CT molecular complexity index is 720. The monoisotopic (exact) mass is 334 g/mol. The lowest BCUT2D eigenvalue weighted by molar-refractivity contribution is -0.385. The minimum absolute atomic E-state index is 0.0422. The Hall–Kier alpha value is -3.82. The summed E-state index contributed by atoms with van der Waals surface area (Å²) in [6, 6.07) is 9.92. The molecule has 0 radical (unpaired) electrons. The highest BCUT2D eigenvalue weighted by molar-refractivity contribution is 5.92. The molecule has 2 rings (SSSR count). The minimum atomic E-state index is -1.29. The third kappa shape index (κ3) is 4.87. The molecule has 24 heavy (non-hydrogen) atoms. The van der Waals surface area contributed by atoms with Gasteiger partial charge in [-0.1, -0.05) is 12.1 Å². The number of hydrogen-bond acceptors (Lipinski definition) is 6. The van der Waals surface area contributed by atoms with Gasteiger partial charge in [0.1, 0.15) is 5.56 Å². The maximum atomic E-state index is 10.4. The van der Waals surface area contributed by atoms with Gasteiger partial charge >= 0.3 is 11.9 Å². The molecule has 0 unspecified atom stereocenters. The van der Waals surface area contributed by atoms with E-state index in [1.807, 2.05) is 0 Å².